The van der Waals surface area contributed by atoms with Crippen molar-refractivity contribution in [2.45, 2.75) is 18.6 Å². The van der Waals surface area contributed by atoms with E-state index in [1.165, 1.54) is 7.11 Å². The van der Waals surface area contributed by atoms with Crippen LogP contribution in [0.4, 0.5) is 0 Å². The molecule has 2 aliphatic heterocycles. The molecule has 0 N–H and O–H groups in total. The summed E-state index contributed by atoms with van der Waals surface area (Å²) in [6, 6.07) is 12.9. The lowest BCUT2D eigenvalue weighted by Crippen LogP contribution is -2.41. The summed E-state index contributed by atoms with van der Waals surface area (Å²) >= 11 is 0. The molecule has 3 aromatic rings. The number of cyclic esters (lactones) is 1. The number of fused-ring (bicyclic) bond motifs is 3. The molecule has 0 spiro atoms. The van der Waals surface area contributed by atoms with E-state index in [0.717, 1.165) is 16.7 Å². The van der Waals surface area contributed by atoms with Crippen molar-refractivity contribution in [2.24, 2.45) is 11.8 Å². The lowest BCUT2D eigenvalue weighted by atomic mass is 9.66. The largest absolute Gasteiger partial charge is 0.493 e. The standard InChI is InChI=1S/C29H28NO9/c1-33-22-9-16(10-23(34-2)28(22)35-3)25-17-11-20-21(38-15-37-20)12-18(17)27(19-14-36-29(32)26(19)25)39-24(31)13-30-7-5-4-6-8-30/h4-12,19,25-27H,13-15H2,1-3H3/q+1/t19-,25-,26-,27-/m0/s1. The maximum absolute atomic E-state index is 13.3. The second-order valence-corrected chi connectivity index (χ2v) is 9.55. The van der Waals surface area contributed by atoms with Crippen molar-refractivity contribution in [3.8, 4) is 28.7 Å². The fourth-order valence-electron chi connectivity index (χ4n) is 5.81. The minimum absolute atomic E-state index is 0.0275. The zero-order valence-corrected chi connectivity index (χ0v) is 21.7. The van der Waals surface area contributed by atoms with E-state index in [0.29, 0.717) is 28.7 Å². The van der Waals surface area contributed by atoms with Gasteiger partial charge in [-0.2, -0.15) is 4.57 Å². The zero-order valence-electron chi connectivity index (χ0n) is 21.7. The first-order valence-corrected chi connectivity index (χ1v) is 12.6. The Morgan fingerprint density at radius 2 is 1.56 bits per heavy atom. The number of esters is 2. The van der Waals surface area contributed by atoms with Gasteiger partial charge in [-0.3, -0.25) is 4.79 Å². The summed E-state index contributed by atoms with van der Waals surface area (Å²) in [5.41, 5.74) is 2.28. The summed E-state index contributed by atoms with van der Waals surface area (Å²) in [6.45, 7) is 0.228. The van der Waals surface area contributed by atoms with E-state index in [2.05, 4.69) is 0 Å². The Morgan fingerprint density at radius 1 is 0.897 bits per heavy atom. The number of carbonyl (C=O) groups excluding carboxylic acids is 2. The smallest absolute Gasteiger partial charge is 0.373 e. The number of methoxy groups -OCH3 is 3. The Morgan fingerprint density at radius 3 is 2.21 bits per heavy atom. The zero-order chi connectivity index (χ0) is 27.1. The van der Waals surface area contributed by atoms with E-state index in [1.807, 2.05) is 42.5 Å². The molecule has 3 heterocycles. The number of aromatic nitrogens is 1. The molecular formula is C29H28NO9+. The van der Waals surface area contributed by atoms with E-state index in [1.54, 1.807) is 31.2 Å². The Balaban J connectivity index is 1.48. The Labute approximate surface area is 224 Å². The Bertz CT molecular complexity index is 1400. The summed E-state index contributed by atoms with van der Waals surface area (Å²) in [5.74, 6) is 0.200. The molecule has 39 heavy (non-hydrogen) atoms. The third-order valence-electron chi connectivity index (χ3n) is 7.51. The van der Waals surface area contributed by atoms with Crippen molar-refractivity contribution in [1.82, 2.24) is 0 Å². The van der Waals surface area contributed by atoms with Crippen LogP contribution >= 0.6 is 0 Å². The van der Waals surface area contributed by atoms with Crippen LogP contribution < -0.4 is 28.3 Å². The molecule has 1 fully saturated rings. The van der Waals surface area contributed by atoms with Crippen LogP contribution in [0.1, 0.15) is 28.7 Å². The second kappa shape index (κ2) is 10.0. The van der Waals surface area contributed by atoms with Crippen LogP contribution in [0.15, 0.2) is 54.9 Å². The molecule has 4 atom stereocenters. The summed E-state index contributed by atoms with van der Waals surface area (Å²) in [6.07, 6.45) is 2.86. The van der Waals surface area contributed by atoms with Crippen molar-refractivity contribution in [1.29, 1.82) is 0 Å². The number of carbonyl (C=O) groups is 2. The molecule has 0 radical (unpaired) electrons. The van der Waals surface area contributed by atoms with Gasteiger partial charge in [0.2, 0.25) is 19.1 Å². The second-order valence-electron chi connectivity index (χ2n) is 9.55. The number of ether oxygens (including phenoxy) is 7. The van der Waals surface area contributed by atoms with Crippen LogP contribution in [-0.4, -0.2) is 46.7 Å². The van der Waals surface area contributed by atoms with Gasteiger partial charge in [0.25, 0.3) is 0 Å². The highest BCUT2D eigenvalue weighted by atomic mass is 16.7. The normalized spacial score (nSPS) is 22.4. The molecule has 1 aromatic heterocycles. The molecule has 10 nitrogen and oxygen atoms in total. The van der Waals surface area contributed by atoms with Gasteiger partial charge >= 0.3 is 11.9 Å². The van der Waals surface area contributed by atoms with E-state index < -0.39 is 29.8 Å². The first-order valence-electron chi connectivity index (χ1n) is 12.6. The van der Waals surface area contributed by atoms with Crippen molar-refractivity contribution in [3.63, 3.8) is 0 Å². The van der Waals surface area contributed by atoms with E-state index >= 15 is 0 Å². The fourth-order valence-corrected chi connectivity index (χ4v) is 5.81. The molecule has 2 aromatic carbocycles. The fraction of sp³-hybridized carbons (Fsp3) is 0.345. The topological polar surface area (TPSA) is 103 Å². The van der Waals surface area contributed by atoms with Crippen LogP contribution in [0.3, 0.4) is 0 Å². The van der Waals surface area contributed by atoms with Crippen molar-refractivity contribution >= 4 is 11.9 Å². The highest BCUT2D eigenvalue weighted by Gasteiger charge is 2.54. The summed E-state index contributed by atoms with van der Waals surface area (Å²) in [5, 5.41) is 0. The summed E-state index contributed by atoms with van der Waals surface area (Å²) in [4.78, 5) is 26.4. The van der Waals surface area contributed by atoms with Crippen LogP contribution in [0.5, 0.6) is 28.7 Å². The lowest BCUT2D eigenvalue weighted by Gasteiger charge is -2.38. The molecule has 0 bridgehead atoms. The predicted octanol–water partition coefficient (Wildman–Crippen LogP) is 2.95. The van der Waals surface area contributed by atoms with Crippen molar-refractivity contribution < 1.29 is 47.3 Å². The quantitative estimate of drug-likeness (QED) is 0.334. The molecule has 0 unspecified atom stereocenters. The average molecular weight is 535 g/mol. The SMILES string of the molecule is COc1cc([C@H]2c3cc4c(cc3[C@H](OC(=O)C[n+]3ccccc3)[C@H]3COC(=O)[C@H]23)OCO4)cc(OC)c1OC. The number of hydrogen-bond donors (Lipinski definition) is 0. The monoisotopic (exact) mass is 534 g/mol. The van der Waals surface area contributed by atoms with E-state index in [9.17, 15) is 9.59 Å². The van der Waals surface area contributed by atoms with Gasteiger partial charge in [0.15, 0.2) is 35.4 Å². The number of hydrogen-bond acceptors (Lipinski definition) is 9. The molecular weight excluding hydrogens is 506 g/mol. The van der Waals surface area contributed by atoms with Crippen LogP contribution in [0.25, 0.3) is 0 Å². The first-order chi connectivity index (χ1) is 19.0. The summed E-state index contributed by atoms with van der Waals surface area (Å²) in [7, 11) is 4.62. The van der Waals surface area contributed by atoms with Crippen LogP contribution in [0, 0.1) is 11.8 Å². The summed E-state index contributed by atoms with van der Waals surface area (Å²) < 4.78 is 41.5. The Hall–Kier alpha value is -4.47. The van der Waals surface area contributed by atoms with Crippen LogP contribution in [-0.2, 0) is 25.6 Å². The lowest BCUT2D eigenvalue weighted by molar-refractivity contribution is -0.686. The number of benzene rings is 2. The number of nitrogens with zero attached hydrogens (tertiary/aromatic N) is 1. The van der Waals surface area contributed by atoms with Gasteiger partial charge in [0, 0.05) is 29.5 Å². The maximum Gasteiger partial charge on any atom is 0.373 e. The Kier molecular flexibility index (Phi) is 6.38. The van der Waals surface area contributed by atoms with Gasteiger partial charge in [-0.05, 0) is 35.4 Å². The molecule has 10 heteroatoms. The van der Waals surface area contributed by atoms with Gasteiger partial charge in [-0.15, -0.1) is 0 Å². The van der Waals surface area contributed by atoms with E-state index in [-0.39, 0.29) is 25.9 Å². The molecule has 0 amide bonds. The molecule has 6 rings (SSSR count). The molecule has 202 valence electrons. The van der Waals surface area contributed by atoms with Gasteiger partial charge in [0.05, 0.1) is 33.9 Å². The highest BCUT2D eigenvalue weighted by Crippen LogP contribution is 2.56. The van der Waals surface area contributed by atoms with Crippen LogP contribution in [0.2, 0.25) is 0 Å². The maximum atomic E-state index is 13.3. The predicted molar refractivity (Wildman–Crippen MR) is 134 cm³/mol. The van der Waals surface area contributed by atoms with Gasteiger partial charge < -0.3 is 33.2 Å². The number of pyridine rings is 1. The minimum Gasteiger partial charge on any atom is -0.493 e. The molecule has 3 aliphatic rings. The van der Waals surface area contributed by atoms with Gasteiger partial charge in [-0.1, -0.05) is 6.07 Å². The molecule has 1 saturated heterocycles. The number of rotatable bonds is 7. The van der Waals surface area contributed by atoms with E-state index in [4.69, 9.17) is 33.2 Å². The first kappa shape index (κ1) is 24.8. The van der Waals surface area contributed by atoms with Gasteiger partial charge in [-0.25, -0.2) is 4.79 Å². The third kappa shape index (κ3) is 4.25. The third-order valence-corrected chi connectivity index (χ3v) is 7.51. The van der Waals surface area contributed by atoms with Gasteiger partial charge in [0.1, 0.15) is 6.10 Å². The minimum atomic E-state index is -0.721. The average Bonchev–Trinajstić information content (AvgIpc) is 3.58. The molecule has 1 aliphatic carbocycles. The molecule has 0 saturated carbocycles. The highest BCUT2D eigenvalue weighted by molar-refractivity contribution is 5.79. The van der Waals surface area contributed by atoms with Crippen molar-refractivity contribution in [2.75, 3.05) is 34.7 Å². The van der Waals surface area contributed by atoms with Crippen molar-refractivity contribution in [3.05, 3.63) is 71.5 Å².